The van der Waals surface area contributed by atoms with Crippen molar-refractivity contribution >= 4 is 0 Å². The highest BCUT2D eigenvalue weighted by Gasteiger charge is 2.35. The molecule has 424 valence electrons. The summed E-state index contributed by atoms with van der Waals surface area (Å²) in [5.74, 6) is 3.72. The van der Waals surface area contributed by atoms with E-state index in [1.54, 1.807) is 0 Å². The third-order valence-corrected chi connectivity index (χ3v) is 20.0. The van der Waals surface area contributed by atoms with Crippen LogP contribution in [-0.2, 0) is 10.8 Å². The molecule has 0 spiro atoms. The second-order valence-electron chi connectivity index (χ2n) is 25.9. The van der Waals surface area contributed by atoms with E-state index in [0.717, 1.165) is 55.6 Å². The van der Waals surface area contributed by atoms with Crippen LogP contribution in [0.1, 0.15) is 224 Å². The number of benzene rings is 8. The van der Waals surface area contributed by atoms with E-state index in [-0.39, 0.29) is 16.9 Å². The van der Waals surface area contributed by atoms with Crippen LogP contribution < -0.4 is 0 Å². The molecule has 8 aromatic rings. The van der Waals surface area contributed by atoms with Gasteiger partial charge in [0.2, 0.25) is 0 Å². The molecule has 0 heterocycles. The zero-order valence-electron chi connectivity index (χ0n) is 49.4. The Morgan fingerprint density at radius 1 is 0.256 bits per heavy atom. The Hall–Kier alpha value is -7.04. The van der Waals surface area contributed by atoms with Crippen molar-refractivity contribution in [1.29, 1.82) is 0 Å². The van der Waals surface area contributed by atoms with Gasteiger partial charge in [0, 0.05) is 33.1 Å². The Labute approximate surface area is 490 Å². The van der Waals surface area contributed by atoms with Gasteiger partial charge in [-0.2, -0.15) is 0 Å². The van der Waals surface area contributed by atoms with E-state index in [1.165, 1.54) is 162 Å². The topological polar surface area (TPSA) is 80.9 Å². The highest BCUT2D eigenvalue weighted by Crippen LogP contribution is 2.52. The third kappa shape index (κ3) is 12.1. The zero-order valence-corrected chi connectivity index (χ0v) is 49.4. The smallest absolute Gasteiger partial charge is 0.131 e. The molecular weight excluding hydrogens is 1000 g/mol. The van der Waals surface area contributed by atoms with Gasteiger partial charge in [-0.15, -0.1) is 0 Å². The lowest BCUT2D eigenvalue weighted by Crippen LogP contribution is -2.22. The summed E-state index contributed by atoms with van der Waals surface area (Å²) in [6, 6.07) is 58.2. The van der Waals surface area contributed by atoms with E-state index in [2.05, 4.69) is 76.2 Å². The molecule has 0 unspecified atom stereocenters. The average Bonchev–Trinajstić information content (AvgIpc) is 3.66. The van der Waals surface area contributed by atoms with Gasteiger partial charge in [-0.25, -0.2) is 0 Å². The van der Waals surface area contributed by atoms with Gasteiger partial charge in [0.05, 0.1) is 0 Å². The molecular formula is C78H88O4. The van der Waals surface area contributed by atoms with Crippen molar-refractivity contribution in [1.82, 2.24) is 0 Å². The van der Waals surface area contributed by atoms with E-state index < -0.39 is 5.41 Å². The molecule has 0 aliphatic heterocycles. The fourth-order valence-corrected chi connectivity index (χ4v) is 14.7. The molecule has 4 aliphatic carbocycles. The molecule has 4 nitrogen and oxygen atoms in total. The molecule has 12 rings (SSSR count). The van der Waals surface area contributed by atoms with E-state index in [0.29, 0.717) is 35.2 Å². The lowest BCUT2D eigenvalue weighted by molar-refractivity contribution is 0.390. The van der Waals surface area contributed by atoms with Crippen LogP contribution in [0.4, 0.5) is 0 Å². The molecule has 0 bridgehead atoms. The van der Waals surface area contributed by atoms with Crippen LogP contribution in [-0.4, -0.2) is 20.4 Å². The maximum atomic E-state index is 11.8. The first kappa shape index (κ1) is 56.8. The maximum absolute atomic E-state index is 11.8. The Kier molecular flexibility index (Phi) is 17.5. The summed E-state index contributed by atoms with van der Waals surface area (Å²) < 4.78 is 0. The molecule has 4 heteroatoms. The fourth-order valence-electron chi connectivity index (χ4n) is 14.7. The molecule has 4 saturated carbocycles. The summed E-state index contributed by atoms with van der Waals surface area (Å²) in [4.78, 5) is 0. The highest BCUT2D eigenvalue weighted by molar-refractivity contribution is 5.86. The van der Waals surface area contributed by atoms with Crippen molar-refractivity contribution in [3.05, 3.63) is 214 Å². The number of hydrogen-bond acceptors (Lipinski definition) is 4. The summed E-state index contributed by atoms with van der Waals surface area (Å²) in [6.07, 6.45) is 25.2. The van der Waals surface area contributed by atoms with Gasteiger partial charge in [-0.1, -0.05) is 250 Å². The van der Waals surface area contributed by atoms with Crippen molar-refractivity contribution < 1.29 is 20.4 Å². The SMILES string of the molecule is CC(C)(c1cc(-c2ccccc2)c(O)c(-c2ccccc2)c1)c1cc(-c2ccccc2)c(O)c(-c2ccccc2)c1.CC(C)(c1cc(C2CCCCC2)c(O)c(C2CCCCC2)c1)c1cc(C2CCCCC2)c(O)c(C2CCCCC2)c1. The third-order valence-electron chi connectivity index (χ3n) is 20.0. The number of phenols is 4. The van der Waals surface area contributed by atoms with Crippen LogP contribution >= 0.6 is 0 Å². The summed E-state index contributed by atoms with van der Waals surface area (Å²) in [5.41, 5.74) is 16.1. The van der Waals surface area contributed by atoms with Crippen LogP contribution in [0, 0.1) is 0 Å². The van der Waals surface area contributed by atoms with Gasteiger partial charge in [-0.3, -0.25) is 0 Å². The highest BCUT2D eigenvalue weighted by atomic mass is 16.3. The van der Waals surface area contributed by atoms with Crippen molar-refractivity contribution in [3.63, 3.8) is 0 Å². The van der Waals surface area contributed by atoms with Gasteiger partial charge in [-0.05, 0) is 166 Å². The van der Waals surface area contributed by atoms with Crippen LogP contribution in [0.15, 0.2) is 170 Å². The molecule has 4 N–H and O–H groups in total. The first-order valence-corrected chi connectivity index (χ1v) is 31.6. The maximum Gasteiger partial charge on any atom is 0.131 e. The largest absolute Gasteiger partial charge is 0.507 e. The lowest BCUT2D eigenvalue weighted by Gasteiger charge is -2.35. The second-order valence-corrected chi connectivity index (χ2v) is 25.9. The molecule has 82 heavy (non-hydrogen) atoms. The molecule has 4 fully saturated rings. The summed E-state index contributed by atoms with van der Waals surface area (Å²) in [7, 11) is 0. The Morgan fingerprint density at radius 2 is 0.451 bits per heavy atom. The van der Waals surface area contributed by atoms with E-state index in [9.17, 15) is 20.4 Å². The number of rotatable bonds is 12. The molecule has 8 aromatic carbocycles. The quantitative estimate of drug-likeness (QED) is 0.0983. The van der Waals surface area contributed by atoms with Crippen LogP contribution in [0.2, 0.25) is 0 Å². The summed E-state index contributed by atoms with van der Waals surface area (Å²) in [5, 5.41) is 46.7. The molecule has 0 saturated heterocycles. The Bertz CT molecular complexity index is 2980. The Balaban J connectivity index is 0.000000172. The van der Waals surface area contributed by atoms with Gasteiger partial charge in [0.1, 0.15) is 23.0 Å². The number of aromatic hydroxyl groups is 4. The number of hydrogen-bond donors (Lipinski definition) is 4. The predicted molar refractivity (Wildman–Crippen MR) is 342 cm³/mol. The molecule has 4 aliphatic rings. The first-order valence-electron chi connectivity index (χ1n) is 31.6. The van der Waals surface area contributed by atoms with E-state index in [4.69, 9.17) is 0 Å². The summed E-state index contributed by atoms with van der Waals surface area (Å²) in [6.45, 7) is 9.24. The van der Waals surface area contributed by atoms with E-state index in [1.807, 2.05) is 121 Å². The standard InChI is InChI=1S/C39H56O2.C39H32O2/c2*1-39(2,31-23-33(27-15-7-3-8-16-27)37(40)34(24-31)28-17-9-4-10-18-28)32-25-35(29-19-11-5-12-20-29)38(41)36(26-32)30-21-13-6-14-22-30/h23-30,40-41H,3-22H2,1-2H3;3-26,40-41H,1-2H3. The lowest BCUT2D eigenvalue weighted by atomic mass is 9.70. The Morgan fingerprint density at radius 3 is 0.659 bits per heavy atom. The molecule has 0 atom stereocenters. The minimum atomic E-state index is -0.471. The van der Waals surface area contributed by atoms with Crippen molar-refractivity contribution in [3.8, 4) is 67.5 Å². The second kappa shape index (κ2) is 25.2. The summed E-state index contributed by atoms with van der Waals surface area (Å²) >= 11 is 0. The van der Waals surface area contributed by atoms with Crippen molar-refractivity contribution in [2.24, 2.45) is 0 Å². The van der Waals surface area contributed by atoms with E-state index >= 15 is 0 Å². The number of phenolic OH excluding ortho intramolecular Hbond substituents is 4. The van der Waals surface area contributed by atoms with Gasteiger partial charge >= 0.3 is 0 Å². The van der Waals surface area contributed by atoms with Crippen LogP contribution in [0.25, 0.3) is 44.5 Å². The zero-order chi connectivity index (χ0) is 56.8. The van der Waals surface area contributed by atoms with Gasteiger partial charge < -0.3 is 20.4 Å². The van der Waals surface area contributed by atoms with Crippen LogP contribution in [0.3, 0.4) is 0 Å². The van der Waals surface area contributed by atoms with Gasteiger partial charge in [0.25, 0.3) is 0 Å². The normalized spacial score (nSPS) is 17.0. The molecule has 0 aromatic heterocycles. The molecule has 0 radical (unpaired) electrons. The monoisotopic (exact) mass is 1090 g/mol. The van der Waals surface area contributed by atoms with Crippen molar-refractivity contribution in [2.75, 3.05) is 0 Å². The minimum absolute atomic E-state index is 0.193. The predicted octanol–water partition coefficient (Wildman–Crippen LogP) is 21.7. The fraction of sp³-hybridized carbons (Fsp3) is 0.385. The average molecular weight is 1090 g/mol. The minimum Gasteiger partial charge on any atom is -0.507 e. The van der Waals surface area contributed by atoms with Gasteiger partial charge in [0.15, 0.2) is 0 Å². The van der Waals surface area contributed by atoms with Crippen LogP contribution in [0.5, 0.6) is 23.0 Å². The molecule has 0 amide bonds. The first-order chi connectivity index (χ1) is 39.9. The van der Waals surface area contributed by atoms with Crippen molar-refractivity contribution in [2.45, 2.75) is 191 Å².